The van der Waals surface area contributed by atoms with Crippen molar-refractivity contribution in [3.63, 3.8) is 0 Å². The molecule has 1 N–H and O–H groups in total. The average molecular weight is 503 g/mol. The summed E-state index contributed by atoms with van der Waals surface area (Å²) in [5.41, 5.74) is 0.122. The number of aliphatic hydroxyl groups is 1. The summed E-state index contributed by atoms with van der Waals surface area (Å²) in [7, 11) is 0. The summed E-state index contributed by atoms with van der Waals surface area (Å²) in [4.78, 5) is 11.9. The molecule has 0 aromatic heterocycles. The Morgan fingerprint density at radius 3 is 2.08 bits per heavy atom. The maximum absolute atomic E-state index is 11.9. The quantitative estimate of drug-likeness (QED) is 0.411. The fourth-order valence-electron chi connectivity index (χ4n) is 11.5. The second-order valence-corrected chi connectivity index (χ2v) is 15.9. The Morgan fingerprint density at radius 1 is 0.806 bits per heavy atom. The molecule has 0 radical (unpaired) electrons. The minimum atomic E-state index is -0.770. The fourth-order valence-corrected chi connectivity index (χ4v) is 11.5. The third-order valence-corrected chi connectivity index (χ3v) is 13.5. The molecule has 4 aliphatic carbocycles. The predicted molar refractivity (Wildman–Crippen MR) is 143 cm³/mol. The van der Waals surface area contributed by atoms with E-state index in [0.29, 0.717) is 34.0 Å². The van der Waals surface area contributed by atoms with Crippen LogP contribution in [0.15, 0.2) is 0 Å². The summed E-state index contributed by atoms with van der Waals surface area (Å²) >= 11 is 0. The lowest BCUT2D eigenvalue weighted by molar-refractivity contribution is -0.231. The van der Waals surface area contributed by atoms with Gasteiger partial charge in [0.25, 0.3) is 0 Å². The molecular formula is C32H54O4. The van der Waals surface area contributed by atoms with E-state index in [0.717, 1.165) is 25.2 Å². The zero-order chi connectivity index (χ0) is 26.5. The van der Waals surface area contributed by atoms with Gasteiger partial charge in [0.05, 0.1) is 17.3 Å². The van der Waals surface area contributed by atoms with Crippen LogP contribution >= 0.6 is 0 Å². The maximum atomic E-state index is 11.9. The molecule has 1 aliphatic heterocycles. The first-order valence-electron chi connectivity index (χ1n) is 15.1. The topological polar surface area (TPSA) is 55.8 Å². The maximum Gasteiger partial charge on any atom is 0.302 e. The minimum Gasteiger partial charge on any atom is -0.462 e. The van der Waals surface area contributed by atoms with Crippen molar-refractivity contribution in [3.8, 4) is 0 Å². The molecule has 4 nitrogen and oxygen atoms in total. The van der Waals surface area contributed by atoms with Crippen molar-refractivity contribution in [2.45, 2.75) is 150 Å². The molecule has 5 rings (SSSR count). The summed E-state index contributed by atoms with van der Waals surface area (Å²) < 4.78 is 12.6. The number of carbonyl (C=O) groups is 1. The van der Waals surface area contributed by atoms with E-state index < -0.39 is 5.60 Å². The van der Waals surface area contributed by atoms with Crippen molar-refractivity contribution in [1.29, 1.82) is 0 Å². The van der Waals surface area contributed by atoms with Crippen LogP contribution in [0.5, 0.6) is 0 Å². The fraction of sp³-hybridized carbons (Fsp3) is 0.969. The highest BCUT2D eigenvalue weighted by Crippen LogP contribution is 2.76. The molecule has 0 spiro atoms. The zero-order valence-corrected chi connectivity index (χ0v) is 24.7. The number of esters is 1. The van der Waals surface area contributed by atoms with Crippen molar-refractivity contribution in [1.82, 2.24) is 0 Å². The monoisotopic (exact) mass is 502 g/mol. The Hall–Kier alpha value is -0.610. The predicted octanol–water partition coefficient (Wildman–Crippen LogP) is 7.31. The van der Waals surface area contributed by atoms with Crippen molar-refractivity contribution >= 4 is 5.97 Å². The molecule has 0 aromatic rings. The largest absolute Gasteiger partial charge is 0.462 e. The molecular weight excluding hydrogens is 448 g/mol. The van der Waals surface area contributed by atoms with Crippen LogP contribution in [0.25, 0.3) is 0 Å². The van der Waals surface area contributed by atoms with Gasteiger partial charge in [-0.25, -0.2) is 0 Å². The molecule has 0 aromatic carbocycles. The molecule has 1 heterocycles. The van der Waals surface area contributed by atoms with Gasteiger partial charge in [-0.1, -0.05) is 34.6 Å². The first kappa shape index (κ1) is 27.0. The molecule has 36 heavy (non-hydrogen) atoms. The second kappa shape index (κ2) is 8.20. The van der Waals surface area contributed by atoms with E-state index in [4.69, 9.17) is 9.47 Å². The lowest BCUT2D eigenvalue weighted by Gasteiger charge is -2.70. The molecule has 1 saturated heterocycles. The van der Waals surface area contributed by atoms with Crippen molar-refractivity contribution in [2.75, 3.05) is 0 Å². The summed E-state index contributed by atoms with van der Waals surface area (Å²) in [5, 5.41) is 10.7. The molecule has 6 unspecified atom stereocenters. The SMILES string of the molecule is CC(=O)OC1CC[C@@]2(C)C(CC[C@]3(C)C2CCC2C([C@]4(C)CCC(C(C)(C)O)O4)CC[C@]23C)C1(C)C. The molecule has 5 aliphatic rings. The van der Waals surface area contributed by atoms with Crippen LogP contribution in [-0.4, -0.2) is 34.5 Å². The first-order chi connectivity index (χ1) is 16.5. The van der Waals surface area contributed by atoms with Gasteiger partial charge in [0.1, 0.15) is 6.10 Å². The van der Waals surface area contributed by atoms with E-state index in [9.17, 15) is 9.90 Å². The van der Waals surface area contributed by atoms with Gasteiger partial charge in [0.15, 0.2) is 0 Å². The highest BCUT2D eigenvalue weighted by molar-refractivity contribution is 5.66. The van der Waals surface area contributed by atoms with E-state index in [1.807, 2.05) is 13.8 Å². The Labute approximate surface area is 220 Å². The number of hydrogen-bond acceptors (Lipinski definition) is 4. The number of carbonyl (C=O) groups excluding carboxylic acids is 1. The van der Waals surface area contributed by atoms with Crippen LogP contribution in [-0.2, 0) is 14.3 Å². The molecule has 4 saturated carbocycles. The lowest BCUT2D eigenvalue weighted by atomic mass is 9.35. The number of hydrogen-bond donors (Lipinski definition) is 1. The first-order valence-corrected chi connectivity index (χ1v) is 15.1. The standard InChI is InChI=1S/C32H54O4/c1-20(33)35-25-14-16-29(6)23(27(25,2)3)13-18-31(8)24(29)11-10-21-22(12-17-30(21,31)7)32(9)19-15-26(36-32)28(4,5)34/h21-26,34H,10-19H2,1-9H3/t21?,22?,23?,24?,25?,26?,29-,30+,31+,32-/m0/s1. The average Bonchev–Trinajstić information content (AvgIpc) is 3.32. The third kappa shape index (κ3) is 3.62. The van der Waals surface area contributed by atoms with Crippen LogP contribution < -0.4 is 0 Å². The van der Waals surface area contributed by atoms with Gasteiger partial charge >= 0.3 is 5.97 Å². The summed E-state index contributed by atoms with van der Waals surface area (Å²) in [6.07, 6.45) is 11.9. The molecule has 0 amide bonds. The van der Waals surface area contributed by atoms with Gasteiger partial charge in [0.2, 0.25) is 0 Å². The van der Waals surface area contributed by atoms with Gasteiger partial charge in [-0.05, 0) is 125 Å². The molecule has 4 heteroatoms. The van der Waals surface area contributed by atoms with Crippen molar-refractivity contribution < 1.29 is 19.4 Å². The van der Waals surface area contributed by atoms with Crippen LogP contribution in [0.4, 0.5) is 0 Å². The van der Waals surface area contributed by atoms with E-state index in [1.54, 1.807) is 6.92 Å². The second-order valence-electron chi connectivity index (χ2n) is 15.9. The highest BCUT2D eigenvalue weighted by atomic mass is 16.5. The number of ether oxygens (including phenoxy) is 2. The van der Waals surface area contributed by atoms with Crippen LogP contribution in [0.3, 0.4) is 0 Å². The summed E-state index contributed by atoms with van der Waals surface area (Å²) in [6.45, 7) is 20.4. The Balaban J connectivity index is 1.42. The Kier molecular flexibility index (Phi) is 6.14. The van der Waals surface area contributed by atoms with Gasteiger partial charge in [-0.15, -0.1) is 0 Å². The van der Waals surface area contributed by atoms with Crippen LogP contribution in [0.2, 0.25) is 0 Å². The highest BCUT2D eigenvalue weighted by Gasteiger charge is 2.70. The molecule has 0 bridgehead atoms. The smallest absolute Gasteiger partial charge is 0.302 e. The third-order valence-electron chi connectivity index (χ3n) is 13.5. The van der Waals surface area contributed by atoms with Crippen LogP contribution in [0.1, 0.15) is 127 Å². The van der Waals surface area contributed by atoms with Gasteiger partial charge in [-0.3, -0.25) is 4.79 Å². The normalized spacial score (nSPS) is 52.3. The summed E-state index contributed by atoms with van der Waals surface area (Å²) in [5.74, 6) is 2.49. The van der Waals surface area contributed by atoms with Crippen molar-refractivity contribution in [2.24, 2.45) is 45.3 Å². The lowest BCUT2D eigenvalue weighted by Crippen LogP contribution is -2.64. The van der Waals surface area contributed by atoms with Gasteiger partial charge in [0, 0.05) is 12.3 Å². The molecule has 5 fully saturated rings. The minimum absolute atomic E-state index is 0.0211. The van der Waals surface area contributed by atoms with E-state index in [-0.39, 0.29) is 29.2 Å². The summed E-state index contributed by atoms with van der Waals surface area (Å²) in [6, 6.07) is 0. The Bertz CT molecular complexity index is 889. The number of rotatable bonds is 3. The van der Waals surface area contributed by atoms with E-state index in [1.165, 1.54) is 44.9 Å². The van der Waals surface area contributed by atoms with E-state index in [2.05, 4.69) is 41.5 Å². The van der Waals surface area contributed by atoms with Crippen molar-refractivity contribution in [3.05, 3.63) is 0 Å². The zero-order valence-electron chi connectivity index (χ0n) is 24.7. The van der Waals surface area contributed by atoms with Gasteiger partial charge < -0.3 is 14.6 Å². The molecule has 206 valence electrons. The van der Waals surface area contributed by atoms with E-state index >= 15 is 0 Å². The molecule has 10 atom stereocenters. The number of fused-ring (bicyclic) bond motifs is 5. The Morgan fingerprint density at radius 2 is 1.47 bits per heavy atom. The van der Waals surface area contributed by atoms with Crippen LogP contribution in [0, 0.1) is 45.3 Å². The van der Waals surface area contributed by atoms with Gasteiger partial charge in [-0.2, -0.15) is 0 Å².